The number of aromatic amines is 1. The number of rotatable bonds is 2. The second kappa shape index (κ2) is 5.52. The minimum absolute atomic E-state index is 0.0601. The van der Waals surface area contributed by atoms with Gasteiger partial charge in [0.2, 0.25) is 0 Å². The summed E-state index contributed by atoms with van der Waals surface area (Å²) < 4.78 is 0. The van der Waals surface area contributed by atoms with Crippen molar-refractivity contribution in [3.8, 4) is 0 Å². The molecule has 2 aliphatic rings. The van der Waals surface area contributed by atoms with Crippen molar-refractivity contribution in [3.63, 3.8) is 0 Å². The van der Waals surface area contributed by atoms with Crippen LogP contribution in [0.5, 0.6) is 0 Å². The number of nitrogens with one attached hydrogen (secondary N) is 2. The Hall–Kier alpha value is -1.65. The number of H-pyrrole nitrogens is 1. The first-order valence-electron chi connectivity index (χ1n) is 8.28. The third-order valence-corrected chi connectivity index (χ3v) is 5.41. The lowest BCUT2D eigenvalue weighted by atomic mass is 9.78. The summed E-state index contributed by atoms with van der Waals surface area (Å²) in [5, 5.41) is 4.57. The van der Waals surface area contributed by atoms with Gasteiger partial charge in [-0.25, -0.2) is 0 Å². The molecule has 0 saturated carbocycles. The predicted molar refractivity (Wildman–Crippen MR) is 89.0 cm³/mol. The van der Waals surface area contributed by atoms with Crippen LogP contribution in [0.15, 0.2) is 35.1 Å². The van der Waals surface area contributed by atoms with Crippen molar-refractivity contribution >= 4 is 10.9 Å². The van der Waals surface area contributed by atoms with E-state index < -0.39 is 0 Å². The van der Waals surface area contributed by atoms with Crippen LogP contribution in [0.4, 0.5) is 0 Å². The Bertz CT molecular complexity index is 730. The third-order valence-electron chi connectivity index (χ3n) is 5.41. The number of pyridine rings is 1. The van der Waals surface area contributed by atoms with Crippen LogP contribution < -0.4 is 10.9 Å². The zero-order valence-corrected chi connectivity index (χ0v) is 12.9. The number of likely N-dealkylation sites (tertiary alicyclic amines) is 1. The smallest absolute Gasteiger partial charge is 0.252 e. The fourth-order valence-corrected chi connectivity index (χ4v) is 4.08. The predicted octanol–water partition coefficient (Wildman–Crippen LogP) is 2.10. The summed E-state index contributed by atoms with van der Waals surface area (Å²) in [6.07, 6.45) is 3.83. The SMILES string of the molecule is O=c1[nH]c2ccccc2cc1CN1CCC2(CCNCC2)C1. The van der Waals surface area contributed by atoms with Gasteiger partial charge in [0.25, 0.3) is 5.56 Å². The van der Waals surface area contributed by atoms with E-state index >= 15 is 0 Å². The van der Waals surface area contributed by atoms with Gasteiger partial charge in [-0.1, -0.05) is 18.2 Å². The molecule has 2 aliphatic heterocycles. The van der Waals surface area contributed by atoms with Crippen LogP contribution >= 0.6 is 0 Å². The van der Waals surface area contributed by atoms with Crippen LogP contribution in [0.3, 0.4) is 0 Å². The number of aromatic nitrogens is 1. The molecule has 2 aromatic rings. The molecule has 1 spiro atoms. The molecule has 2 fully saturated rings. The van der Waals surface area contributed by atoms with Crippen molar-refractivity contribution < 1.29 is 0 Å². The van der Waals surface area contributed by atoms with E-state index in [1.165, 1.54) is 19.3 Å². The molecule has 1 aromatic heterocycles. The molecule has 0 unspecified atom stereocenters. The molecule has 0 atom stereocenters. The van der Waals surface area contributed by atoms with Gasteiger partial charge in [0, 0.05) is 24.2 Å². The molecule has 2 N–H and O–H groups in total. The van der Waals surface area contributed by atoms with Gasteiger partial charge in [-0.3, -0.25) is 9.69 Å². The van der Waals surface area contributed by atoms with Gasteiger partial charge < -0.3 is 10.3 Å². The number of para-hydroxylation sites is 1. The summed E-state index contributed by atoms with van der Waals surface area (Å²) in [6, 6.07) is 10.1. The molecule has 4 heteroatoms. The first kappa shape index (κ1) is 14.0. The Morgan fingerprint density at radius 1 is 1.14 bits per heavy atom. The first-order chi connectivity index (χ1) is 10.7. The van der Waals surface area contributed by atoms with E-state index in [9.17, 15) is 4.79 Å². The van der Waals surface area contributed by atoms with Crippen molar-refractivity contribution in [3.05, 3.63) is 46.2 Å². The summed E-state index contributed by atoms with van der Waals surface area (Å²) >= 11 is 0. The molecule has 0 amide bonds. The van der Waals surface area contributed by atoms with E-state index in [-0.39, 0.29) is 5.56 Å². The average Bonchev–Trinajstić information content (AvgIpc) is 2.91. The summed E-state index contributed by atoms with van der Waals surface area (Å²) in [6.45, 7) is 5.32. The van der Waals surface area contributed by atoms with Gasteiger partial charge in [0.05, 0.1) is 0 Å². The van der Waals surface area contributed by atoms with Gasteiger partial charge in [-0.15, -0.1) is 0 Å². The topological polar surface area (TPSA) is 48.1 Å². The largest absolute Gasteiger partial charge is 0.322 e. The number of fused-ring (bicyclic) bond motifs is 1. The Labute approximate surface area is 130 Å². The highest BCUT2D eigenvalue weighted by atomic mass is 16.1. The van der Waals surface area contributed by atoms with E-state index in [4.69, 9.17) is 0 Å². The molecule has 0 aliphatic carbocycles. The molecule has 22 heavy (non-hydrogen) atoms. The summed E-state index contributed by atoms with van der Waals surface area (Å²) in [7, 11) is 0. The molecule has 0 radical (unpaired) electrons. The standard InChI is InChI=1S/C18H23N3O/c22-17-15(11-14-3-1-2-4-16(14)20-17)12-21-10-7-18(13-21)5-8-19-9-6-18/h1-4,11,19H,5-10,12-13H2,(H,20,22). The van der Waals surface area contributed by atoms with Crippen LogP contribution in [0.2, 0.25) is 0 Å². The maximum atomic E-state index is 12.3. The van der Waals surface area contributed by atoms with Gasteiger partial charge in [0.1, 0.15) is 0 Å². The molecule has 4 rings (SSSR count). The van der Waals surface area contributed by atoms with E-state index in [1.54, 1.807) is 0 Å². The zero-order valence-electron chi connectivity index (χ0n) is 12.9. The minimum atomic E-state index is 0.0601. The Morgan fingerprint density at radius 2 is 1.95 bits per heavy atom. The van der Waals surface area contributed by atoms with Crippen molar-refractivity contribution in [2.75, 3.05) is 26.2 Å². The number of nitrogens with zero attached hydrogens (tertiary/aromatic N) is 1. The van der Waals surface area contributed by atoms with Crippen LogP contribution in [0, 0.1) is 5.41 Å². The molecule has 3 heterocycles. The van der Waals surface area contributed by atoms with Gasteiger partial charge in [0.15, 0.2) is 0 Å². The first-order valence-corrected chi connectivity index (χ1v) is 8.28. The van der Waals surface area contributed by atoms with Crippen molar-refractivity contribution in [2.24, 2.45) is 5.41 Å². The molecular formula is C18H23N3O. The number of hydrogen-bond acceptors (Lipinski definition) is 3. The molecule has 1 aromatic carbocycles. The van der Waals surface area contributed by atoms with Gasteiger partial charge >= 0.3 is 0 Å². The molecule has 0 bridgehead atoms. The van der Waals surface area contributed by atoms with Crippen molar-refractivity contribution in [1.82, 2.24) is 15.2 Å². The summed E-state index contributed by atoms with van der Waals surface area (Å²) in [5.41, 5.74) is 2.37. The normalized spacial score (nSPS) is 21.6. The second-order valence-corrected chi connectivity index (χ2v) is 6.92. The van der Waals surface area contributed by atoms with E-state index in [1.807, 2.05) is 18.2 Å². The highest BCUT2D eigenvalue weighted by Gasteiger charge is 2.38. The quantitative estimate of drug-likeness (QED) is 0.892. The molecule has 116 valence electrons. The molecular weight excluding hydrogens is 274 g/mol. The molecule has 4 nitrogen and oxygen atoms in total. The Kier molecular flexibility index (Phi) is 3.51. The molecule has 2 saturated heterocycles. The highest BCUT2D eigenvalue weighted by Crippen LogP contribution is 2.38. The van der Waals surface area contributed by atoms with Crippen LogP contribution in [-0.2, 0) is 6.54 Å². The fraction of sp³-hybridized carbons (Fsp3) is 0.500. The lowest BCUT2D eigenvalue weighted by Crippen LogP contribution is -2.38. The van der Waals surface area contributed by atoms with Crippen LogP contribution in [-0.4, -0.2) is 36.1 Å². The van der Waals surface area contributed by atoms with Gasteiger partial charge in [-0.2, -0.15) is 0 Å². The van der Waals surface area contributed by atoms with Crippen molar-refractivity contribution in [1.29, 1.82) is 0 Å². The second-order valence-electron chi connectivity index (χ2n) is 6.92. The number of benzene rings is 1. The fourth-order valence-electron chi connectivity index (χ4n) is 4.08. The Balaban J connectivity index is 1.54. The van der Waals surface area contributed by atoms with E-state index in [0.29, 0.717) is 5.41 Å². The number of piperidine rings is 1. The maximum Gasteiger partial charge on any atom is 0.252 e. The monoisotopic (exact) mass is 297 g/mol. The van der Waals surface area contributed by atoms with Crippen molar-refractivity contribution in [2.45, 2.75) is 25.8 Å². The minimum Gasteiger partial charge on any atom is -0.322 e. The number of hydrogen-bond donors (Lipinski definition) is 2. The van der Waals surface area contributed by atoms with E-state index in [2.05, 4.69) is 27.3 Å². The average molecular weight is 297 g/mol. The van der Waals surface area contributed by atoms with Gasteiger partial charge in [-0.05, 0) is 61.8 Å². The maximum absolute atomic E-state index is 12.3. The lowest BCUT2D eigenvalue weighted by molar-refractivity contribution is 0.194. The third kappa shape index (κ3) is 2.57. The lowest BCUT2D eigenvalue weighted by Gasteiger charge is -2.33. The van der Waals surface area contributed by atoms with E-state index in [0.717, 1.165) is 49.2 Å². The van der Waals surface area contributed by atoms with Crippen LogP contribution in [0.25, 0.3) is 10.9 Å². The van der Waals surface area contributed by atoms with Crippen LogP contribution in [0.1, 0.15) is 24.8 Å². The zero-order chi connectivity index (χ0) is 15.0. The summed E-state index contributed by atoms with van der Waals surface area (Å²) in [4.78, 5) is 17.8. The Morgan fingerprint density at radius 3 is 2.82 bits per heavy atom. The highest BCUT2D eigenvalue weighted by molar-refractivity contribution is 5.78. The summed E-state index contributed by atoms with van der Waals surface area (Å²) in [5.74, 6) is 0.